The van der Waals surface area contributed by atoms with Crippen LogP contribution in [-0.2, 0) is 11.2 Å². The van der Waals surface area contributed by atoms with Gasteiger partial charge in [-0.1, -0.05) is 12.1 Å². The highest BCUT2D eigenvalue weighted by Gasteiger charge is 2.28. The molecule has 0 saturated heterocycles. The van der Waals surface area contributed by atoms with Crippen molar-refractivity contribution in [2.45, 2.75) is 39.2 Å². The van der Waals surface area contributed by atoms with Crippen LogP contribution >= 0.6 is 0 Å². The molecule has 0 atom stereocenters. The molecule has 0 aliphatic heterocycles. The van der Waals surface area contributed by atoms with E-state index in [1.165, 1.54) is 12.1 Å². The first-order valence-corrected chi connectivity index (χ1v) is 10.8. The number of nitrogens with zero attached hydrogens (tertiary/aromatic N) is 1. The molecule has 0 radical (unpaired) electrons. The molecule has 1 fully saturated rings. The Balaban J connectivity index is 1.56. The first kappa shape index (κ1) is 22.6. The average molecular weight is 427 g/mol. The maximum absolute atomic E-state index is 13.4. The Morgan fingerprint density at radius 1 is 1.13 bits per heavy atom. The summed E-state index contributed by atoms with van der Waals surface area (Å²) in [6.45, 7) is 5.56. The van der Waals surface area contributed by atoms with E-state index in [-0.39, 0.29) is 23.7 Å². The zero-order chi connectivity index (χ0) is 22.1. The Morgan fingerprint density at radius 2 is 1.87 bits per heavy atom. The molecule has 0 heterocycles. The molecule has 1 amide bonds. The summed E-state index contributed by atoms with van der Waals surface area (Å²) < 4.78 is 19.1. The highest BCUT2D eigenvalue weighted by Crippen LogP contribution is 2.28. The van der Waals surface area contributed by atoms with Gasteiger partial charge in [0.2, 0.25) is 5.91 Å². The fourth-order valence-electron chi connectivity index (χ4n) is 3.01. The number of amides is 1. The third kappa shape index (κ3) is 8.28. The van der Waals surface area contributed by atoms with Crippen LogP contribution < -0.4 is 20.7 Å². The van der Waals surface area contributed by atoms with Crippen molar-refractivity contribution in [3.63, 3.8) is 0 Å². The van der Waals surface area contributed by atoms with E-state index in [9.17, 15) is 9.18 Å². The topological polar surface area (TPSA) is 74.8 Å². The quantitative estimate of drug-likeness (QED) is 0.307. The maximum atomic E-state index is 13.4. The normalized spacial score (nSPS) is 13.7. The highest BCUT2D eigenvalue weighted by atomic mass is 19.1. The van der Waals surface area contributed by atoms with Crippen molar-refractivity contribution in [1.82, 2.24) is 10.6 Å². The van der Waals surface area contributed by atoms with E-state index in [1.54, 1.807) is 6.07 Å². The number of hydrogen-bond donors (Lipinski definition) is 3. The molecule has 0 unspecified atom stereocenters. The van der Waals surface area contributed by atoms with Crippen LogP contribution in [0.15, 0.2) is 53.5 Å². The second-order valence-corrected chi connectivity index (χ2v) is 7.92. The third-order valence-corrected chi connectivity index (χ3v) is 4.71. The number of carbonyl (C=O) groups is 1. The lowest BCUT2D eigenvalue weighted by atomic mass is 10.1. The monoisotopic (exact) mass is 426 g/mol. The molecule has 31 heavy (non-hydrogen) atoms. The largest absolute Gasteiger partial charge is 0.491 e. The predicted molar refractivity (Wildman–Crippen MR) is 122 cm³/mol. The number of hydrogen-bond acceptors (Lipinski definition) is 3. The minimum Gasteiger partial charge on any atom is -0.491 e. The van der Waals surface area contributed by atoms with Gasteiger partial charge in [-0.3, -0.25) is 9.79 Å². The van der Waals surface area contributed by atoms with Gasteiger partial charge >= 0.3 is 0 Å². The number of nitrogens with one attached hydrogen (secondary N) is 3. The predicted octanol–water partition coefficient (Wildman–Crippen LogP) is 3.74. The number of anilines is 1. The van der Waals surface area contributed by atoms with E-state index in [0.717, 1.165) is 29.8 Å². The van der Waals surface area contributed by atoms with Crippen molar-refractivity contribution in [2.75, 3.05) is 25.0 Å². The summed E-state index contributed by atoms with van der Waals surface area (Å²) >= 11 is 0. The van der Waals surface area contributed by atoms with Gasteiger partial charge in [0.05, 0.1) is 6.10 Å². The first-order chi connectivity index (χ1) is 15.0. The smallest absolute Gasteiger partial charge is 0.223 e. The van der Waals surface area contributed by atoms with E-state index >= 15 is 0 Å². The lowest BCUT2D eigenvalue weighted by Gasteiger charge is -2.14. The van der Waals surface area contributed by atoms with Crippen molar-refractivity contribution in [2.24, 2.45) is 10.9 Å². The minimum atomic E-state index is -0.243. The maximum Gasteiger partial charge on any atom is 0.223 e. The summed E-state index contributed by atoms with van der Waals surface area (Å²) in [4.78, 5) is 16.4. The van der Waals surface area contributed by atoms with Gasteiger partial charge in [-0.15, -0.1) is 0 Å². The van der Waals surface area contributed by atoms with Gasteiger partial charge in [-0.25, -0.2) is 4.39 Å². The van der Waals surface area contributed by atoms with Gasteiger partial charge in [0.15, 0.2) is 5.96 Å². The molecule has 7 heteroatoms. The van der Waals surface area contributed by atoms with Crippen LogP contribution in [0.2, 0.25) is 0 Å². The number of aliphatic imine (C=N–C) groups is 1. The average Bonchev–Trinajstić information content (AvgIpc) is 3.57. The summed E-state index contributed by atoms with van der Waals surface area (Å²) in [5.41, 5.74) is 1.77. The van der Waals surface area contributed by atoms with Gasteiger partial charge in [0.1, 0.15) is 11.6 Å². The second kappa shape index (κ2) is 11.3. The van der Waals surface area contributed by atoms with Gasteiger partial charge in [-0.05, 0) is 75.1 Å². The Labute approximate surface area is 183 Å². The summed E-state index contributed by atoms with van der Waals surface area (Å²) in [5, 5.41) is 9.46. The van der Waals surface area contributed by atoms with Gasteiger partial charge in [0.25, 0.3) is 0 Å². The highest BCUT2D eigenvalue weighted by molar-refractivity contribution is 5.93. The molecule has 1 aliphatic carbocycles. The molecule has 0 bridgehead atoms. The van der Waals surface area contributed by atoms with Crippen molar-refractivity contribution in [3.05, 3.63) is 59.9 Å². The summed E-state index contributed by atoms with van der Waals surface area (Å²) in [6.07, 6.45) is 2.73. The molecular weight excluding hydrogens is 395 g/mol. The van der Waals surface area contributed by atoms with E-state index in [2.05, 4.69) is 20.9 Å². The molecule has 2 aromatic carbocycles. The summed E-state index contributed by atoms with van der Waals surface area (Å²) in [5.74, 6) is 1.49. The molecule has 1 saturated carbocycles. The molecule has 1 aliphatic rings. The van der Waals surface area contributed by atoms with Crippen LogP contribution in [0, 0.1) is 11.7 Å². The Hall–Kier alpha value is -3.09. The van der Waals surface area contributed by atoms with Crippen molar-refractivity contribution < 1.29 is 13.9 Å². The summed E-state index contributed by atoms with van der Waals surface area (Å²) in [6, 6.07) is 14.2. The van der Waals surface area contributed by atoms with Crippen LogP contribution in [0.5, 0.6) is 5.75 Å². The number of carbonyl (C=O) groups excluding carboxylic acids is 1. The van der Waals surface area contributed by atoms with Crippen LogP contribution in [0.4, 0.5) is 10.1 Å². The molecule has 3 rings (SSSR count). The van der Waals surface area contributed by atoms with E-state index < -0.39 is 0 Å². The van der Waals surface area contributed by atoms with Crippen LogP contribution in [0.1, 0.15) is 32.3 Å². The molecule has 0 spiro atoms. The Bertz CT molecular complexity index is 879. The molecule has 166 valence electrons. The van der Waals surface area contributed by atoms with E-state index in [0.29, 0.717) is 32.0 Å². The van der Waals surface area contributed by atoms with Crippen molar-refractivity contribution in [1.29, 1.82) is 0 Å². The van der Waals surface area contributed by atoms with E-state index in [4.69, 9.17) is 4.74 Å². The van der Waals surface area contributed by atoms with Crippen LogP contribution in [0.25, 0.3) is 0 Å². The zero-order valence-electron chi connectivity index (χ0n) is 18.2. The SMILES string of the molecule is CC(C)Oc1ccc(NC(=NCCc2cccc(F)c2)NCCNC(=O)C2CC2)cc1. The first-order valence-electron chi connectivity index (χ1n) is 10.8. The molecule has 2 aromatic rings. The molecular formula is C24H31FN4O2. The van der Waals surface area contributed by atoms with Gasteiger partial charge in [0, 0.05) is 31.2 Å². The molecule has 3 N–H and O–H groups in total. The lowest BCUT2D eigenvalue weighted by molar-refractivity contribution is -0.122. The number of guanidine groups is 1. The Morgan fingerprint density at radius 3 is 2.55 bits per heavy atom. The zero-order valence-corrected chi connectivity index (χ0v) is 18.2. The standard InChI is InChI=1S/C24H31FN4O2/c1-17(2)31-22-10-8-21(9-11-22)29-24(28-15-14-26-23(30)19-6-7-19)27-13-12-18-4-3-5-20(25)16-18/h3-5,8-11,16-17,19H,6-7,12-15H2,1-2H3,(H,26,30)(H2,27,28,29). The Kier molecular flexibility index (Phi) is 8.27. The van der Waals surface area contributed by atoms with Gasteiger partial charge in [-0.2, -0.15) is 0 Å². The van der Waals surface area contributed by atoms with Gasteiger partial charge < -0.3 is 20.7 Å². The fraction of sp³-hybridized carbons (Fsp3) is 0.417. The fourth-order valence-corrected chi connectivity index (χ4v) is 3.01. The summed E-state index contributed by atoms with van der Waals surface area (Å²) in [7, 11) is 0. The van der Waals surface area contributed by atoms with E-state index in [1.807, 2.05) is 44.2 Å². The molecule has 0 aromatic heterocycles. The number of ether oxygens (including phenoxy) is 1. The number of rotatable bonds is 10. The van der Waals surface area contributed by atoms with Crippen molar-refractivity contribution in [3.8, 4) is 5.75 Å². The lowest BCUT2D eigenvalue weighted by Crippen LogP contribution is -2.38. The molecule has 6 nitrogen and oxygen atoms in total. The third-order valence-electron chi connectivity index (χ3n) is 4.71. The number of benzene rings is 2. The van der Waals surface area contributed by atoms with Crippen molar-refractivity contribution >= 4 is 17.6 Å². The van der Waals surface area contributed by atoms with Crippen LogP contribution in [0.3, 0.4) is 0 Å². The van der Waals surface area contributed by atoms with Crippen LogP contribution in [-0.4, -0.2) is 37.6 Å². The minimum absolute atomic E-state index is 0.117. The number of halogens is 1. The second-order valence-electron chi connectivity index (χ2n) is 7.92.